The lowest BCUT2D eigenvalue weighted by molar-refractivity contribution is -0.105. The average Bonchev–Trinajstić information content (AvgIpc) is 2.89. The number of aromatic nitrogens is 2. The molecule has 0 aliphatic heterocycles. The second kappa shape index (κ2) is 2.89. The van der Waals surface area contributed by atoms with Crippen LogP contribution in [0, 0.1) is 0 Å². The van der Waals surface area contributed by atoms with Crippen molar-refractivity contribution < 1.29 is 4.79 Å². The van der Waals surface area contributed by atoms with Crippen LogP contribution in [0.1, 0.15) is 24.6 Å². The molecule has 1 aromatic rings. The third-order valence-corrected chi connectivity index (χ3v) is 1.84. The number of rotatable bonds is 3. The van der Waals surface area contributed by atoms with E-state index in [1.165, 1.54) is 12.8 Å². The SMILES string of the molecule is O=CNc1cnc(C2CC2)nc1. The molecule has 1 fully saturated rings. The van der Waals surface area contributed by atoms with Gasteiger partial charge in [-0.2, -0.15) is 0 Å². The van der Waals surface area contributed by atoms with E-state index in [1.54, 1.807) is 12.4 Å². The summed E-state index contributed by atoms with van der Waals surface area (Å²) in [4.78, 5) is 18.3. The van der Waals surface area contributed by atoms with Crippen LogP contribution in [0.5, 0.6) is 0 Å². The summed E-state index contributed by atoms with van der Waals surface area (Å²) < 4.78 is 0. The maximum atomic E-state index is 10.0. The average molecular weight is 163 g/mol. The maximum absolute atomic E-state index is 10.0. The molecule has 1 N–H and O–H groups in total. The molecule has 0 spiro atoms. The van der Waals surface area contributed by atoms with Gasteiger partial charge in [0, 0.05) is 5.92 Å². The Balaban J connectivity index is 2.12. The summed E-state index contributed by atoms with van der Waals surface area (Å²) in [5.74, 6) is 1.46. The van der Waals surface area contributed by atoms with Crippen LogP contribution >= 0.6 is 0 Å². The van der Waals surface area contributed by atoms with Gasteiger partial charge >= 0.3 is 0 Å². The molecule has 0 aromatic carbocycles. The van der Waals surface area contributed by atoms with Crippen molar-refractivity contribution in [3.8, 4) is 0 Å². The van der Waals surface area contributed by atoms with Gasteiger partial charge in [-0.05, 0) is 12.8 Å². The molecule has 1 aliphatic rings. The number of carbonyl (C=O) groups is 1. The maximum Gasteiger partial charge on any atom is 0.211 e. The van der Waals surface area contributed by atoms with Crippen molar-refractivity contribution in [2.45, 2.75) is 18.8 Å². The quantitative estimate of drug-likeness (QED) is 0.674. The van der Waals surface area contributed by atoms with Gasteiger partial charge in [0.05, 0.1) is 18.1 Å². The topological polar surface area (TPSA) is 54.9 Å². The minimum Gasteiger partial charge on any atom is -0.326 e. The lowest BCUT2D eigenvalue weighted by atomic mass is 10.4. The van der Waals surface area contributed by atoms with E-state index >= 15 is 0 Å². The summed E-state index contributed by atoms with van der Waals surface area (Å²) in [6.45, 7) is 0. The second-order valence-electron chi connectivity index (χ2n) is 2.87. The molecule has 4 nitrogen and oxygen atoms in total. The molecule has 1 heterocycles. The first-order valence-corrected chi connectivity index (χ1v) is 3.92. The fourth-order valence-corrected chi connectivity index (χ4v) is 1.03. The Kier molecular flexibility index (Phi) is 1.74. The van der Waals surface area contributed by atoms with Crippen molar-refractivity contribution in [2.75, 3.05) is 5.32 Å². The number of anilines is 1. The van der Waals surface area contributed by atoms with E-state index in [0.717, 1.165) is 5.82 Å². The first-order chi connectivity index (χ1) is 5.90. The highest BCUT2D eigenvalue weighted by molar-refractivity contribution is 5.69. The third kappa shape index (κ3) is 1.42. The number of carbonyl (C=O) groups excluding carboxylic acids is 1. The van der Waals surface area contributed by atoms with Gasteiger partial charge in [0.15, 0.2) is 0 Å². The highest BCUT2D eigenvalue weighted by Gasteiger charge is 2.25. The van der Waals surface area contributed by atoms with Crippen molar-refractivity contribution in [3.05, 3.63) is 18.2 Å². The number of amides is 1. The van der Waals surface area contributed by atoms with Crippen LogP contribution in [-0.2, 0) is 4.79 Å². The predicted octanol–water partition coefficient (Wildman–Crippen LogP) is 0.922. The molecule has 0 saturated heterocycles. The summed E-state index contributed by atoms with van der Waals surface area (Å²) in [6, 6.07) is 0. The van der Waals surface area contributed by atoms with E-state index < -0.39 is 0 Å². The predicted molar refractivity (Wildman–Crippen MR) is 43.7 cm³/mol. The fourth-order valence-electron chi connectivity index (χ4n) is 1.03. The van der Waals surface area contributed by atoms with Crippen LogP contribution < -0.4 is 5.32 Å². The van der Waals surface area contributed by atoms with Crippen molar-refractivity contribution in [2.24, 2.45) is 0 Å². The molecule has 1 aromatic heterocycles. The van der Waals surface area contributed by atoms with Crippen molar-refractivity contribution in [3.63, 3.8) is 0 Å². The first-order valence-electron chi connectivity index (χ1n) is 3.92. The lowest BCUT2D eigenvalue weighted by Gasteiger charge is -1.98. The molecule has 12 heavy (non-hydrogen) atoms. The van der Waals surface area contributed by atoms with Crippen LogP contribution in [0.3, 0.4) is 0 Å². The summed E-state index contributed by atoms with van der Waals surface area (Å²) in [7, 11) is 0. The Labute approximate surface area is 70.0 Å². The first kappa shape index (κ1) is 7.21. The Morgan fingerprint density at radius 2 is 2.08 bits per heavy atom. The molecule has 2 rings (SSSR count). The van der Waals surface area contributed by atoms with E-state index in [9.17, 15) is 4.79 Å². The zero-order chi connectivity index (χ0) is 8.39. The minimum atomic E-state index is 0.565. The zero-order valence-corrected chi connectivity index (χ0v) is 6.53. The molecule has 0 bridgehead atoms. The summed E-state index contributed by atoms with van der Waals surface area (Å²) in [5.41, 5.74) is 0.648. The number of hydrogen-bond acceptors (Lipinski definition) is 3. The van der Waals surface area contributed by atoms with E-state index in [0.29, 0.717) is 18.0 Å². The lowest BCUT2D eigenvalue weighted by Crippen LogP contribution is -1.97. The van der Waals surface area contributed by atoms with Crippen molar-refractivity contribution in [1.29, 1.82) is 0 Å². The van der Waals surface area contributed by atoms with Gasteiger partial charge in [0.1, 0.15) is 5.82 Å². The fraction of sp³-hybridized carbons (Fsp3) is 0.375. The van der Waals surface area contributed by atoms with E-state index in [-0.39, 0.29) is 0 Å². The van der Waals surface area contributed by atoms with Crippen LogP contribution in [0.15, 0.2) is 12.4 Å². The molecule has 62 valence electrons. The third-order valence-electron chi connectivity index (χ3n) is 1.84. The molecular weight excluding hydrogens is 154 g/mol. The molecule has 0 unspecified atom stereocenters. The normalized spacial score (nSPS) is 15.7. The number of nitrogens with one attached hydrogen (secondary N) is 1. The van der Waals surface area contributed by atoms with Gasteiger partial charge in [0.2, 0.25) is 6.41 Å². The van der Waals surface area contributed by atoms with Crippen LogP contribution in [0.25, 0.3) is 0 Å². The van der Waals surface area contributed by atoms with Gasteiger partial charge in [0.25, 0.3) is 0 Å². The van der Waals surface area contributed by atoms with E-state index in [4.69, 9.17) is 0 Å². The largest absolute Gasteiger partial charge is 0.326 e. The monoisotopic (exact) mass is 163 g/mol. The van der Waals surface area contributed by atoms with Crippen LogP contribution in [0.4, 0.5) is 5.69 Å². The minimum absolute atomic E-state index is 0.565. The highest BCUT2D eigenvalue weighted by Crippen LogP contribution is 2.37. The summed E-state index contributed by atoms with van der Waals surface area (Å²) >= 11 is 0. The van der Waals surface area contributed by atoms with Crippen molar-refractivity contribution >= 4 is 12.1 Å². The molecule has 4 heteroatoms. The molecule has 0 atom stereocenters. The van der Waals surface area contributed by atoms with Gasteiger partial charge < -0.3 is 5.32 Å². The summed E-state index contributed by atoms with van der Waals surface area (Å²) in [5, 5.41) is 2.49. The van der Waals surface area contributed by atoms with Crippen molar-refractivity contribution in [1.82, 2.24) is 9.97 Å². The molecule has 1 saturated carbocycles. The second-order valence-corrected chi connectivity index (χ2v) is 2.87. The van der Waals surface area contributed by atoms with Crippen LogP contribution in [-0.4, -0.2) is 16.4 Å². The Hall–Kier alpha value is -1.45. The molecule has 0 radical (unpaired) electrons. The van der Waals surface area contributed by atoms with Gasteiger partial charge in [-0.25, -0.2) is 9.97 Å². The Bertz CT molecular complexity index is 279. The molecular formula is C8H9N3O. The Morgan fingerprint density at radius 3 is 2.58 bits per heavy atom. The standard InChI is InChI=1S/C8H9N3O/c12-5-11-7-3-9-8(10-4-7)6-1-2-6/h3-6H,1-2H2,(H,11,12). The number of nitrogens with zero attached hydrogens (tertiary/aromatic N) is 2. The van der Waals surface area contributed by atoms with E-state index in [1.807, 2.05) is 0 Å². The van der Waals surface area contributed by atoms with Gasteiger partial charge in [-0.1, -0.05) is 0 Å². The molecule has 1 aliphatic carbocycles. The Morgan fingerprint density at radius 1 is 1.42 bits per heavy atom. The molecule has 1 amide bonds. The number of hydrogen-bond donors (Lipinski definition) is 1. The van der Waals surface area contributed by atoms with Crippen LogP contribution in [0.2, 0.25) is 0 Å². The highest BCUT2D eigenvalue weighted by atomic mass is 16.1. The van der Waals surface area contributed by atoms with Gasteiger partial charge in [-0.15, -0.1) is 0 Å². The zero-order valence-electron chi connectivity index (χ0n) is 6.53. The smallest absolute Gasteiger partial charge is 0.211 e. The van der Waals surface area contributed by atoms with Gasteiger partial charge in [-0.3, -0.25) is 4.79 Å². The van der Waals surface area contributed by atoms with E-state index in [2.05, 4.69) is 15.3 Å². The summed E-state index contributed by atoms with van der Waals surface area (Å²) in [6.07, 6.45) is 6.28.